The number of aromatic nitrogens is 2. The summed E-state index contributed by atoms with van der Waals surface area (Å²) in [5.74, 6) is 1.76. The molecule has 0 aliphatic heterocycles. The summed E-state index contributed by atoms with van der Waals surface area (Å²) in [4.78, 5) is 9.51. The first-order valence-corrected chi connectivity index (χ1v) is 12.0. The molecule has 7 heteroatoms. The third kappa shape index (κ3) is 4.53. The second-order valence-electron chi connectivity index (χ2n) is 9.52. The third-order valence-corrected chi connectivity index (χ3v) is 7.54. The molecule has 2 aliphatic carbocycles. The molecule has 7 nitrogen and oxygen atoms in total. The van der Waals surface area contributed by atoms with E-state index in [1.807, 2.05) is 36.4 Å². The van der Waals surface area contributed by atoms with Gasteiger partial charge in [-0.05, 0) is 61.3 Å². The Labute approximate surface area is 194 Å². The lowest BCUT2D eigenvalue weighted by atomic mass is 9.65. The summed E-state index contributed by atoms with van der Waals surface area (Å²) in [6.45, 7) is 2.73. The molecule has 5 rings (SSSR count). The quantitative estimate of drug-likeness (QED) is 0.360. The summed E-state index contributed by atoms with van der Waals surface area (Å²) in [5.41, 5.74) is 5.80. The molecule has 5 unspecified atom stereocenters. The van der Waals surface area contributed by atoms with Crippen molar-refractivity contribution in [3.63, 3.8) is 0 Å². The van der Waals surface area contributed by atoms with Crippen LogP contribution in [0.25, 0.3) is 10.9 Å². The van der Waals surface area contributed by atoms with E-state index in [4.69, 9.17) is 9.97 Å². The number of nitrogens with one attached hydrogen (secondary N) is 3. The number of aliphatic hydroxyl groups excluding tert-OH is 1. The van der Waals surface area contributed by atoms with Crippen LogP contribution in [0.2, 0.25) is 0 Å². The van der Waals surface area contributed by atoms with Crippen LogP contribution in [0.3, 0.4) is 0 Å². The molecule has 5 N–H and O–H groups in total. The molecule has 0 spiro atoms. The SMILES string of the molecule is Cc1ccccc1CNc1nc(NC2CC(NO)C3CCCCC3C2O)c2ccccc2n1. The Hall–Kier alpha value is -2.74. The van der Waals surface area contributed by atoms with Gasteiger partial charge in [-0.3, -0.25) is 0 Å². The van der Waals surface area contributed by atoms with Crippen LogP contribution >= 0.6 is 0 Å². The van der Waals surface area contributed by atoms with Gasteiger partial charge in [-0.2, -0.15) is 4.98 Å². The summed E-state index contributed by atoms with van der Waals surface area (Å²) in [7, 11) is 0. The second-order valence-corrected chi connectivity index (χ2v) is 9.52. The summed E-state index contributed by atoms with van der Waals surface area (Å²) < 4.78 is 0. The fourth-order valence-corrected chi connectivity index (χ4v) is 5.71. The lowest BCUT2D eigenvalue weighted by Gasteiger charge is -2.47. The van der Waals surface area contributed by atoms with E-state index in [9.17, 15) is 10.3 Å². The van der Waals surface area contributed by atoms with E-state index >= 15 is 0 Å². The minimum atomic E-state index is -0.475. The van der Waals surface area contributed by atoms with Crippen LogP contribution in [0.15, 0.2) is 48.5 Å². The predicted molar refractivity (Wildman–Crippen MR) is 130 cm³/mol. The Bertz CT molecular complexity index is 1110. The molecular weight excluding hydrogens is 414 g/mol. The van der Waals surface area contributed by atoms with Crippen molar-refractivity contribution in [1.29, 1.82) is 0 Å². The van der Waals surface area contributed by atoms with Crippen molar-refractivity contribution in [2.24, 2.45) is 11.8 Å². The molecular formula is C26H33N5O2. The van der Waals surface area contributed by atoms with Crippen molar-refractivity contribution < 1.29 is 10.3 Å². The van der Waals surface area contributed by atoms with Crippen molar-refractivity contribution in [2.45, 2.75) is 63.8 Å². The molecule has 0 amide bonds. The normalized spacial score (nSPS) is 27.2. The van der Waals surface area contributed by atoms with Crippen LogP contribution in [0.5, 0.6) is 0 Å². The highest BCUT2D eigenvalue weighted by Gasteiger charge is 2.45. The molecule has 1 heterocycles. The lowest BCUT2D eigenvalue weighted by Crippen LogP contribution is -2.56. The lowest BCUT2D eigenvalue weighted by molar-refractivity contribution is -0.0452. The molecule has 3 aromatic rings. The monoisotopic (exact) mass is 447 g/mol. The largest absolute Gasteiger partial charge is 0.391 e. The van der Waals surface area contributed by atoms with E-state index < -0.39 is 6.10 Å². The number of rotatable bonds is 6. The van der Waals surface area contributed by atoms with E-state index in [0.717, 1.165) is 36.6 Å². The van der Waals surface area contributed by atoms with Gasteiger partial charge in [-0.25, -0.2) is 10.5 Å². The Balaban J connectivity index is 1.41. The minimum Gasteiger partial charge on any atom is -0.391 e. The maximum Gasteiger partial charge on any atom is 0.225 e. The highest BCUT2D eigenvalue weighted by Crippen LogP contribution is 2.41. The fraction of sp³-hybridized carbons (Fsp3) is 0.462. The predicted octanol–water partition coefficient (Wildman–Crippen LogP) is 4.25. The van der Waals surface area contributed by atoms with Crippen molar-refractivity contribution in [2.75, 3.05) is 10.6 Å². The van der Waals surface area contributed by atoms with Crippen LogP contribution in [-0.4, -0.2) is 38.5 Å². The van der Waals surface area contributed by atoms with Crippen LogP contribution in [0, 0.1) is 18.8 Å². The Morgan fingerprint density at radius 1 is 0.939 bits per heavy atom. The van der Waals surface area contributed by atoms with Crippen LogP contribution in [0.4, 0.5) is 11.8 Å². The first-order valence-electron chi connectivity index (χ1n) is 12.0. The van der Waals surface area contributed by atoms with Crippen molar-refractivity contribution in [1.82, 2.24) is 15.4 Å². The van der Waals surface area contributed by atoms with E-state index in [-0.39, 0.29) is 18.0 Å². The molecule has 33 heavy (non-hydrogen) atoms. The van der Waals surface area contributed by atoms with Gasteiger partial charge in [0.2, 0.25) is 5.95 Å². The fourth-order valence-electron chi connectivity index (χ4n) is 5.71. The molecule has 174 valence electrons. The molecule has 0 radical (unpaired) electrons. The first-order chi connectivity index (χ1) is 16.1. The molecule has 1 aromatic heterocycles. The number of para-hydroxylation sites is 1. The average molecular weight is 448 g/mol. The summed E-state index contributed by atoms with van der Waals surface area (Å²) in [5, 5.41) is 28.9. The summed E-state index contributed by atoms with van der Waals surface area (Å²) in [6, 6.07) is 16.0. The van der Waals surface area contributed by atoms with Crippen LogP contribution < -0.4 is 16.1 Å². The first kappa shape index (κ1) is 22.1. The summed E-state index contributed by atoms with van der Waals surface area (Å²) >= 11 is 0. The maximum absolute atomic E-state index is 11.2. The Morgan fingerprint density at radius 3 is 2.52 bits per heavy atom. The second kappa shape index (κ2) is 9.63. The van der Waals surface area contributed by atoms with Crippen LogP contribution in [-0.2, 0) is 6.54 Å². The van der Waals surface area contributed by atoms with Gasteiger partial charge in [0.25, 0.3) is 0 Å². The van der Waals surface area contributed by atoms with E-state index in [1.165, 1.54) is 11.1 Å². The number of hydrogen-bond donors (Lipinski definition) is 5. The number of aliphatic hydroxyl groups is 1. The topological polar surface area (TPSA) is 102 Å². The zero-order valence-corrected chi connectivity index (χ0v) is 19.0. The molecule has 2 aliphatic rings. The number of aryl methyl sites for hydroxylation is 1. The van der Waals surface area contributed by atoms with Crippen molar-refractivity contribution >= 4 is 22.7 Å². The molecule has 2 aromatic carbocycles. The van der Waals surface area contributed by atoms with Gasteiger partial charge in [0.05, 0.1) is 17.7 Å². The number of hydroxylamine groups is 1. The minimum absolute atomic E-state index is 0.0250. The van der Waals surface area contributed by atoms with Gasteiger partial charge in [-0.1, -0.05) is 49.2 Å². The van der Waals surface area contributed by atoms with Gasteiger partial charge in [0, 0.05) is 18.0 Å². The molecule has 0 saturated heterocycles. The smallest absolute Gasteiger partial charge is 0.225 e. The van der Waals surface area contributed by atoms with E-state index in [0.29, 0.717) is 30.6 Å². The van der Waals surface area contributed by atoms with E-state index in [2.05, 4.69) is 35.2 Å². The van der Waals surface area contributed by atoms with Crippen LogP contribution in [0.1, 0.15) is 43.2 Å². The van der Waals surface area contributed by atoms with Crippen molar-refractivity contribution in [3.05, 3.63) is 59.7 Å². The molecule has 2 saturated carbocycles. The zero-order chi connectivity index (χ0) is 22.8. The van der Waals surface area contributed by atoms with Crippen molar-refractivity contribution in [3.8, 4) is 0 Å². The summed E-state index contributed by atoms with van der Waals surface area (Å²) in [6.07, 6.45) is 4.51. The van der Waals surface area contributed by atoms with Gasteiger partial charge in [-0.15, -0.1) is 0 Å². The number of benzene rings is 2. The van der Waals surface area contributed by atoms with Gasteiger partial charge < -0.3 is 20.9 Å². The molecule has 2 fully saturated rings. The number of nitrogens with zero attached hydrogens (tertiary/aromatic N) is 2. The average Bonchev–Trinajstić information content (AvgIpc) is 2.85. The van der Waals surface area contributed by atoms with E-state index in [1.54, 1.807) is 0 Å². The molecule has 5 atom stereocenters. The Kier molecular flexibility index (Phi) is 6.44. The number of fused-ring (bicyclic) bond motifs is 2. The highest BCUT2D eigenvalue weighted by atomic mass is 16.5. The van der Waals surface area contributed by atoms with Gasteiger partial charge >= 0.3 is 0 Å². The standard InChI is InChI=1S/C26H33N5O2/c1-16-8-2-3-9-17(16)15-27-26-29-21-13-7-6-12-20(21)25(30-26)28-23-14-22(31-33)18-10-4-5-11-19(18)24(23)32/h2-3,6-9,12-13,18-19,22-24,31-33H,4-5,10-11,14-15H2,1H3,(H2,27,28,29,30). The third-order valence-electron chi connectivity index (χ3n) is 7.54. The number of anilines is 2. The highest BCUT2D eigenvalue weighted by molar-refractivity contribution is 5.90. The number of hydrogen-bond acceptors (Lipinski definition) is 7. The molecule has 0 bridgehead atoms. The van der Waals surface area contributed by atoms with Gasteiger partial charge in [0.15, 0.2) is 0 Å². The zero-order valence-electron chi connectivity index (χ0n) is 19.0. The van der Waals surface area contributed by atoms with Gasteiger partial charge in [0.1, 0.15) is 5.82 Å². The Morgan fingerprint density at radius 2 is 1.70 bits per heavy atom. The maximum atomic E-state index is 11.2.